The van der Waals surface area contributed by atoms with Crippen LogP contribution in [0.1, 0.15) is 27.0 Å². The van der Waals surface area contributed by atoms with E-state index in [1.165, 1.54) is 0 Å². The molecule has 4 rings (SSSR count). The molecule has 1 heterocycles. The molecule has 0 atom stereocenters. The van der Waals surface area contributed by atoms with Crippen molar-refractivity contribution in [1.82, 2.24) is 0 Å². The molecule has 0 radical (unpaired) electrons. The van der Waals surface area contributed by atoms with Crippen LogP contribution in [0.2, 0.25) is 0 Å². The molecule has 6 nitrogen and oxygen atoms in total. The van der Waals surface area contributed by atoms with Gasteiger partial charge < -0.3 is 23.7 Å². The number of hydrogen-bond acceptors (Lipinski definition) is 6. The van der Waals surface area contributed by atoms with Crippen LogP contribution in [0.5, 0.6) is 28.7 Å². The lowest BCUT2D eigenvalue weighted by Gasteiger charge is -2.12. The van der Waals surface area contributed by atoms with Crippen molar-refractivity contribution in [1.29, 1.82) is 0 Å². The molecule has 0 bridgehead atoms. The zero-order valence-corrected chi connectivity index (χ0v) is 18.4. The van der Waals surface area contributed by atoms with Gasteiger partial charge in [0.1, 0.15) is 23.9 Å². The van der Waals surface area contributed by atoms with Crippen molar-refractivity contribution in [3.05, 3.63) is 82.6 Å². The van der Waals surface area contributed by atoms with Crippen molar-refractivity contribution in [2.45, 2.75) is 13.5 Å². The van der Waals surface area contributed by atoms with Crippen LogP contribution in [-0.4, -0.2) is 27.1 Å². The van der Waals surface area contributed by atoms with E-state index in [2.05, 4.69) is 0 Å². The Kier molecular flexibility index (Phi) is 6.03. The van der Waals surface area contributed by atoms with Gasteiger partial charge in [-0.1, -0.05) is 24.3 Å². The second-order valence-corrected chi connectivity index (χ2v) is 7.22. The van der Waals surface area contributed by atoms with Gasteiger partial charge in [-0.2, -0.15) is 0 Å². The molecule has 0 spiro atoms. The highest BCUT2D eigenvalue weighted by atomic mass is 16.5. The largest absolute Gasteiger partial charge is 0.497 e. The summed E-state index contributed by atoms with van der Waals surface area (Å²) in [6.45, 7) is 2.27. The second-order valence-electron chi connectivity index (χ2n) is 7.22. The first kappa shape index (κ1) is 21.3. The minimum absolute atomic E-state index is 0.185. The maximum Gasteiger partial charge on any atom is 0.231 e. The molecule has 1 aliphatic heterocycles. The molecule has 6 heteroatoms. The Balaban J connectivity index is 1.57. The lowest BCUT2D eigenvalue weighted by molar-refractivity contribution is 0.101. The fourth-order valence-corrected chi connectivity index (χ4v) is 3.57. The average molecular weight is 432 g/mol. The number of ether oxygens (including phenoxy) is 5. The van der Waals surface area contributed by atoms with E-state index in [-0.39, 0.29) is 11.5 Å². The third kappa shape index (κ3) is 3.99. The Morgan fingerprint density at radius 2 is 1.66 bits per heavy atom. The Labute approximate surface area is 186 Å². The van der Waals surface area contributed by atoms with Gasteiger partial charge in [0.15, 0.2) is 17.3 Å². The normalized spacial score (nSPS) is 13.5. The summed E-state index contributed by atoms with van der Waals surface area (Å²) in [6.07, 6.45) is 1.67. The number of fused-ring (bicyclic) bond motifs is 1. The summed E-state index contributed by atoms with van der Waals surface area (Å²) in [7, 11) is 4.76. The maximum atomic E-state index is 12.9. The first-order chi connectivity index (χ1) is 15.5. The van der Waals surface area contributed by atoms with E-state index in [0.717, 1.165) is 16.9 Å². The van der Waals surface area contributed by atoms with Crippen LogP contribution in [0.4, 0.5) is 0 Å². The summed E-state index contributed by atoms with van der Waals surface area (Å²) < 4.78 is 27.9. The lowest BCUT2D eigenvalue weighted by Crippen LogP contribution is -1.99. The summed E-state index contributed by atoms with van der Waals surface area (Å²) >= 11 is 0. The zero-order valence-electron chi connectivity index (χ0n) is 18.4. The van der Waals surface area contributed by atoms with Gasteiger partial charge in [-0.3, -0.25) is 4.79 Å². The molecule has 0 aliphatic carbocycles. The highest BCUT2D eigenvalue weighted by Crippen LogP contribution is 2.40. The summed E-state index contributed by atoms with van der Waals surface area (Å²) in [6, 6.07) is 16.7. The molecule has 0 saturated carbocycles. The van der Waals surface area contributed by atoms with Crippen molar-refractivity contribution in [2.24, 2.45) is 0 Å². The topological polar surface area (TPSA) is 63.2 Å². The number of allylic oxidation sites excluding steroid dienone is 1. The molecule has 164 valence electrons. The van der Waals surface area contributed by atoms with Crippen LogP contribution in [-0.2, 0) is 6.61 Å². The monoisotopic (exact) mass is 432 g/mol. The molecule has 0 N–H and O–H groups in total. The van der Waals surface area contributed by atoms with Gasteiger partial charge in [0.25, 0.3) is 0 Å². The molecule has 0 amide bonds. The van der Waals surface area contributed by atoms with E-state index in [1.807, 2.05) is 43.3 Å². The first-order valence-electron chi connectivity index (χ1n) is 10.1. The number of carbonyl (C=O) groups is 1. The number of benzene rings is 3. The lowest BCUT2D eigenvalue weighted by atomic mass is 10.1. The Bertz CT molecular complexity index is 1180. The van der Waals surface area contributed by atoms with Gasteiger partial charge in [-0.05, 0) is 48.9 Å². The minimum atomic E-state index is -0.185. The van der Waals surface area contributed by atoms with Crippen molar-refractivity contribution in [3.63, 3.8) is 0 Å². The van der Waals surface area contributed by atoms with Gasteiger partial charge in [-0.25, -0.2) is 0 Å². The van der Waals surface area contributed by atoms with Crippen molar-refractivity contribution in [3.8, 4) is 28.7 Å². The van der Waals surface area contributed by atoms with E-state index in [0.29, 0.717) is 40.7 Å². The Morgan fingerprint density at radius 3 is 2.34 bits per heavy atom. The van der Waals surface area contributed by atoms with Crippen LogP contribution in [0, 0.1) is 6.92 Å². The fourth-order valence-electron chi connectivity index (χ4n) is 3.57. The van der Waals surface area contributed by atoms with Gasteiger partial charge in [-0.15, -0.1) is 0 Å². The first-order valence-corrected chi connectivity index (χ1v) is 10.1. The third-order valence-electron chi connectivity index (χ3n) is 5.31. The van der Waals surface area contributed by atoms with Gasteiger partial charge in [0.05, 0.1) is 26.9 Å². The number of rotatable bonds is 7. The van der Waals surface area contributed by atoms with Gasteiger partial charge in [0, 0.05) is 11.1 Å². The number of para-hydroxylation sites is 1. The number of Topliss-reactive ketones (excluding diaryl/α,β-unsaturated/α-hetero) is 1. The molecule has 0 fully saturated rings. The molecule has 0 unspecified atom stereocenters. The van der Waals surface area contributed by atoms with E-state index in [1.54, 1.807) is 45.6 Å². The fraction of sp³-hybridized carbons (Fsp3) is 0.192. The molecule has 0 aromatic heterocycles. The summed E-state index contributed by atoms with van der Waals surface area (Å²) in [5.41, 5.74) is 2.97. The Hall–Kier alpha value is -3.93. The summed E-state index contributed by atoms with van der Waals surface area (Å²) in [5, 5.41) is 0. The SMILES string of the molecule is COc1ccc(COc2ccc3c(c2C)O/C(=C\c2cccc(OC)c2OC)C3=O)cc1. The molecule has 0 saturated heterocycles. The van der Waals surface area contributed by atoms with Crippen molar-refractivity contribution < 1.29 is 28.5 Å². The van der Waals surface area contributed by atoms with Crippen LogP contribution in [0.15, 0.2) is 60.4 Å². The third-order valence-corrected chi connectivity index (χ3v) is 5.31. The standard InChI is InChI=1S/C26H24O6/c1-16-21(31-15-17-8-10-19(28-2)11-9-17)13-12-20-24(27)23(32-25(16)20)14-18-6-5-7-22(29-3)26(18)30-4/h5-14H,15H2,1-4H3/b23-14-. The highest BCUT2D eigenvalue weighted by Gasteiger charge is 2.30. The van der Waals surface area contributed by atoms with Crippen LogP contribution in [0.3, 0.4) is 0 Å². The second kappa shape index (κ2) is 9.06. The minimum Gasteiger partial charge on any atom is -0.497 e. The molecular formula is C26H24O6. The van der Waals surface area contributed by atoms with Crippen molar-refractivity contribution in [2.75, 3.05) is 21.3 Å². The average Bonchev–Trinajstić information content (AvgIpc) is 3.14. The predicted molar refractivity (Wildman–Crippen MR) is 121 cm³/mol. The summed E-state index contributed by atoms with van der Waals surface area (Å²) in [4.78, 5) is 12.9. The van der Waals surface area contributed by atoms with Crippen LogP contribution in [0.25, 0.3) is 6.08 Å². The molecular weight excluding hydrogens is 408 g/mol. The smallest absolute Gasteiger partial charge is 0.231 e. The van der Waals surface area contributed by atoms with E-state index >= 15 is 0 Å². The van der Waals surface area contributed by atoms with Crippen LogP contribution < -0.4 is 23.7 Å². The van der Waals surface area contributed by atoms with E-state index < -0.39 is 0 Å². The number of carbonyl (C=O) groups excluding carboxylic acids is 1. The number of hydrogen-bond donors (Lipinski definition) is 0. The molecule has 1 aliphatic rings. The maximum absolute atomic E-state index is 12.9. The highest BCUT2D eigenvalue weighted by molar-refractivity contribution is 6.15. The quantitative estimate of drug-likeness (QED) is 0.477. The molecule has 3 aromatic carbocycles. The van der Waals surface area contributed by atoms with E-state index in [9.17, 15) is 4.79 Å². The van der Waals surface area contributed by atoms with Crippen molar-refractivity contribution >= 4 is 11.9 Å². The molecule has 3 aromatic rings. The molecule has 32 heavy (non-hydrogen) atoms. The number of ketones is 1. The number of methoxy groups -OCH3 is 3. The van der Waals surface area contributed by atoms with Gasteiger partial charge >= 0.3 is 0 Å². The Morgan fingerprint density at radius 1 is 0.875 bits per heavy atom. The van der Waals surface area contributed by atoms with Crippen LogP contribution >= 0.6 is 0 Å². The summed E-state index contributed by atoms with van der Waals surface area (Å²) in [5.74, 6) is 3.12. The van der Waals surface area contributed by atoms with Gasteiger partial charge in [0.2, 0.25) is 5.78 Å². The zero-order chi connectivity index (χ0) is 22.7. The predicted octanol–water partition coefficient (Wildman–Crippen LogP) is 5.22. The van der Waals surface area contributed by atoms with E-state index in [4.69, 9.17) is 23.7 Å².